The normalized spacial score (nSPS) is 9.95. The van der Waals surface area contributed by atoms with Crippen molar-refractivity contribution < 1.29 is 14.4 Å². The molecule has 0 saturated heterocycles. The molecule has 0 unspecified atom stereocenters. The Kier molecular flexibility index (Phi) is 14.9. The molecule has 0 spiro atoms. The molecule has 2 N–H and O–H groups in total. The molecule has 3 nitrogen and oxygen atoms in total. The van der Waals surface area contributed by atoms with Gasteiger partial charge in [-0.25, -0.2) is 0 Å². The Bertz CT molecular complexity index is 1280. The lowest BCUT2D eigenvalue weighted by molar-refractivity contribution is 0.405. The molecule has 0 radical (unpaired) electrons. The standard InChI is InChI=1S/2C18H15P.ClH.HO3P/c2*1-4-10-16(11-5-1)19(17-12-6-2-7-13-17)18-14-8-3-9-15-18;;1-4(2)3/h2*1-15H;1H;(H-,1,2,3)/p+1. The second-order valence-electron chi connectivity index (χ2n) is 8.94. The second-order valence-corrected chi connectivity index (χ2v) is 13.9. The van der Waals surface area contributed by atoms with Crippen LogP contribution in [0, 0.1) is 0 Å². The zero-order chi connectivity index (χ0) is 29.4. The van der Waals surface area contributed by atoms with Crippen LogP contribution in [0.2, 0.25) is 0 Å². The molecular weight excluding hydrogens is 609 g/mol. The van der Waals surface area contributed by atoms with E-state index < -0.39 is 24.1 Å². The van der Waals surface area contributed by atoms with Crippen LogP contribution in [0.15, 0.2) is 182 Å². The molecule has 0 aliphatic heterocycles. The molecule has 6 aromatic rings. The lowest BCUT2D eigenvalue weighted by atomic mass is 10.4. The van der Waals surface area contributed by atoms with E-state index in [0.29, 0.717) is 0 Å². The molecule has 6 rings (SSSR count). The summed E-state index contributed by atoms with van der Waals surface area (Å²) in [5, 5.41) is 8.39. The highest BCUT2D eigenvalue weighted by molar-refractivity contribution is 7.80. The fourth-order valence-corrected chi connectivity index (χ4v) is 8.97. The molecule has 0 aliphatic rings. The van der Waals surface area contributed by atoms with Gasteiger partial charge in [0, 0.05) is 4.57 Å². The molecule has 0 fully saturated rings. The van der Waals surface area contributed by atoms with Gasteiger partial charge in [0.15, 0.2) is 0 Å². The largest absolute Gasteiger partial charge is 0.692 e. The van der Waals surface area contributed by atoms with E-state index in [2.05, 4.69) is 182 Å². The van der Waals surface area contributed by atoms with Crippen LogP contribution in [-0.4, -0.2) is 9.79 Å². The number of benzene rings is 6. The third-order valence-corrected chi connectivity index (χ3v) is 11.0. The third kappa shape index (κ3) is 10.9. The summed E-state index contributed by atoms with van der Waals surface area (Å²) in [5.74, 6) is 0. The van der Waals surface area contributed by atoms with Crippen LogP contribution in [0.4, 0.5) is 0 Å². The van der Waals surface area contributed by atoms with Crippen LogP contribution in [-0.2, 0) is 4.57 Å². The first-order valence-electron chi connectivity index (χ1n) is 13.4. The highest BCUT2D eigenvalue weighted by Gasteiger charge is 2.16. The van der Waals surface area contributed by atoms with E-state index in [4.69, 9.17) is 14.4 Å². The van der Waals surface area contributed by atoms with Crippen molar-refractivity contribution in [1.29, 1.82) is 0 Å². The van der Waals surface area contributed by atoms with Gasteiger partial charge in [-0.3, -0.25) is 0 Å². The monoisotopic (exact) mass is 641 g/mol. The Morgan fingerprint density at radius 3 is 0.558 bits per heavy atom. The van der Waals surface area contributed by atoms with Gasteiger partial charge in [-0.05, 0) is 47.7 Å². The maximum atomic E-state index is 8.70. The molecule has 0 saturated carbocycles. The number of rotatable bonds is 6. The minimum atomic E-state index is -2.87. The minimum absolute atomic E-state index is 0. The zero-order valence-corrected chi connectivity index (χ0v) is 26.9. The van der Waals surface area contributed by atoms with Crippen LogP contribution in [0.25, 0.3) is 0 Å². The van der Waals surface area contributed by atoms with Gasteiger partial charge < -0.3 is 0 Å². The molecule has 43 heavy (non-hydrogen) atoms. The Morgan fingerprint density at radius 1 is 0.326 bits per heavy atom. The third-order valence-electron chi connectivity index (χ3n) is 6.09. The molecule has 0 heterocycles. The van der Waals surface area contributed by atoms with Crippen molar-refractivity contribution >= 4 is 68.3 Å². The fourth-order valence-electron chi connectivity index (χ4n) is 4.36. The van der Waals surface area contributed by atoms with Gasteiger partial charge >= 0.3 is 8.25 Å². The van der Waals surface area contributed by atoms with Crippen molar-refractivity contribution in [2.75, 3.05) is 0 Å². The van der Waals surface area contributed by atoms with Gasteiger partial charge in [-0.1, -0.05) is 182 Å². The number of halogens is 1. The molecule has 0 aliphatic carbocycles. The van der Waals surface area contributed by atoms with Gasteiger partial charge in [0.2, 0.25) is 0 Å². The lowest BCUT2D eigenvalue weighted by Crippen LogP contribution is -2.20. The summed E-state index contributed by atoms with van der Waals surface area (Å²) in [5.41, 5.74) is 0. The van der Waals surface area contributed by atoms with Crippen molar-refractivity contribution in [1.82, 2.24) is 0 Å². The van der Waals surface area contributed by atoms with E-state index >= 15 is 0 Å². The SMILES string of the molecule is Cl.O=[P+](O)O.c1ccc(P(c2ccccc2)c2ccccc2)cc1.c1ccc(P(c2ccccc2)c2ccccc2)cc1. The summed E-state index contributed by atoms with van der Waals surface area (Å²) in [6.07, 6.45) is 0. The molecule has 7 heteroatoms. The van der Waals surface area contributed by atoms with Crippen LogP contribution >= 0.6 is 36.5 Å². The molecule has 216 valence electrons. The topological polar surface area (TPSA) is 57.5 Å². The number of hydrogen-bond donors (Lipinski definition) is 2. The highest BCUT2D eigenvalue weighted by atomic mass is 35.5. The lowest BCUT2D eigenvalue weighted by Gasteiger charge is -2.18. The first kappa shape index (κ1) is 34.0. The molecule has 0 aromatic heterocycles. The Labute approximate surface area is 263 Å². The molecule has 0 amide bonds. The van der Waals surface area contributed by atoms with Crippen molar-refractivity contribution in [2.24, 2.45) is 0 Å². The molecule has 0 atom stereocenters. The van der Waals surface area contributed by atoms with E-state index in [0.717, 1.165) is 0 Å². The van der Waals surface area contributed by atoms with E-state index in [1.54, 1.807) is 0 Å². The van der Waals surface area contributed by atoms with Crippen LogP contribution < -0.4 is 31.8 Å². The van der Waals surface area contributed by atoms with Crippen molar-refractivity contribution in [3.63, 3.8) is 0 Å². The Morgan fingerprint density at radius 2 is 0.442 bits per heavy atom. The van der Waals surface area contributed by atoms with E-state index in [1.807, 2.05) is 0 Å². The molecule has 0 bridgehead atoms. The van der Waals surface area contributed by atoms with Crippen LogP contribution in [0.5, 0.6) is 0 Å². The predicted octanol–water partition coefficient (Wildman–Crippen LogP) is 6.94. The first-order chi connectivity index (χ1) is 20.6. The van der Waals surface area contributed by atoms with Crippen LogP contribution in [0.3, 0.4) is 0 Å². The first-order valence-corrected chi connectivity index (χ1v) is 17.2. The number of hydrogen-bond acceptors (Lipinski definition) is 1. The highest BCUT2D eigenvalue weighted by Crippen LogP contribution is 2.33. The van der Waals surface area contributed by atoms with Gasteiger partial charge in [0.05, 0.1) is 0 Å². The van der Waals surface area contributed by atoms with Crippen LogP contribution in [0.1, 0.15) is 0 Å². The van der Waals surface area contributed by atoms with Gasteiger partial charge in [-0.15, -0.1) is 22.2 Å². The van der Waals surface area contributed by atoms with E-state index in [1.165, 1.54) is 31.8 Å². The summed E-state index contributed by atoms with van der Waals surface area (Å²) in [4.78, 5) is 14.2. The quantitative estimate of drug-likeness (QED) is 0.194. The summed E-state index contributed by atoms with van der Waals surface area (Å²) in [6.45, 7) is 0. The molecular formula is C36H33ClO3P3+. The van der Waals surface area contributed by atoms with E-state index in [-0.39, 0.29) is 12.4 Å². The van der Waals surface area contributed by atoms with Gasteiger partial charge in [0.25, 0.3) is 0 Å². The second kappa shape index (κ2) is 18.9. The summed E-state index contributed by atoms with van der Waals surface area (Å²) >= 11 is 0. The van der Waals surface area contributed by atoms with Crippen molar-refractivity contribution in [2.45, 2.75) is 0 Å². The zero-order valence-electron chi connectivity index (χ0n) is 23.4. The van der Waals surface area contributed by atoms with Crippen molar-refractivity contribution in [3.05, 3.63) is 182 Å². The maximum Gasteiger partial charge on any atom is 0.692 e. The smallest absolute Gasteiger partial charge is 0.147 e. The summed E-state index contributed by atoms with van der Waals surface area (Å²) in [7, 11) is -3.76. The Balaban J connectivity index is 0.000000206. The average Bonchev–Trinajstić information content (AvgIpc) is 3.05. The molecule has 6 aromatic carbocycles. The summed E-state index contributed by atoms with van der Waals surface area (Å²) < 4.78 is 8.70. The maximum absolute atomic E-state index is 8.70. The fraction of sp³-hybridized carbons (Fsp3) is 0. The van der Waals surface area contributed by atoms with E-state index in [9.17, 15) is 0 Å². The average molecular weight is 642 g/mol. The Hall–Kier alpha value is -3.51. The van der Waals surface area contributed by atoms with Gasteiger partial charge in [0.1, 0.15) is 0 Å². The minimum Gasteiger partial charge on any atom is -0.147 e. The predicted molar refractivity (Wildman–Crippen MR) is 190 cm³/mol. The van der Waals surface area contributed by atoms with Crippen molar-refractivity contribution in [3.8, 4) is 0 Å². The van der Waals surface area contributed by atoms with Gasteiger partial charge in [-0.2, -0.15) is 0 Å². The summed E-state index contributed by atoms with van der Waals surface area (Å²) in [6, 6.07) is 64.7.